The zero-order valence-electron chi connectivity index (χ0n) is 11.5. The van der Waals surface area contributed by atoms with Crippen molar-refractivity contribution in [3.8, 4) is 0 Å². The summed E-state index contributed by atoms with van der Waals surface area (Å²) in [6.45, 7) is 5.09. The van der Waals surface area contributed by atoms with E-state index in [0.29, 0.717) is 18.4 Å². The van der Waals surface area contributed by atoms with Crippen molar-refractivity contribution in [1.82, 2.24) is 15.5 Å². The molecular weight excluding hydrogens is 214 g/mol. The molecule has 17 heavy (non-hydrogen) atoms. The molecule has 0 bridgehead atoms. The van der Waals surface area contributed by atoms with Gasteiger partial charge in [-0.3, -0.25) is 4.79 Å². The van der Waals surface area contributed by atoms with E-state index in [1.165, 1.54) is 12.8 Å². The van der Waals surface area contributed by atoms with Gasteiger partial charge in [0.2, 0.25) is 5.91 Å². The van der Waals surface area contributed by atoms with Crippen LogP contribution in [0, 0.1) is 5.92 Å². The number of likely N-dealkylation sites (N-methyl/N-ethyl adjacent to an activating group) is 1. The third-order valence-corrected chi connectivity index (χ3v) is 3.65. The minimum atomic E-state index is 0.198. The smallest absolute Gasteiger partial charge is 0.220 e. The number of hydrogen-bond donors (Lipinski definition) is 2. The number of rotatable bonds is 6. The van der Waals surface area contributed by atoms with Gasteiger partial charge in [0.1, 0.15) is 0 Å². The molecule has 2 unspecified atom stereocenters. The summed E-state index contributed by atoms with van der Waals surface area (Å²) in [4.78, 5) is 13.8. The monoisotopic (exact) mass is 241 g/mol. The molecule has 2 N–H and O–H groups in total. The van der Waals surface area contributed by atoms with Crippen molar-refractivity contribution in [2.75, 3.05) is 33.7 Å². The number of hydrogen-bond acceptors (Lipinski definition) is 3. The van der Waals surface area contributed by atoms with Crippen LogP contribution in [-0.4, -0.2) is 50.6 Å². The molecule has 1 amide bonds. The zero-order valence-corrected chi connectivity index (χ0v) is 11.5. The number of carbonyl (C=O) groups excluding carboxylic acids is 1. The van der Waals surface area contributed by atoms with E-state index in [9.17, 15) is 4.79 Å². The molecule has 1 aliphatic rings. The van der Waals surface area contributed by atoms with Crippen molar-refractivity contribution in [1.29, 1.82) is 0 Å². The van der Waals surface area contributed by atoms with E-state index in [4.69, 9.17) is 0 Å². The summed E-state index contributed by atoms with van der Waals surface area (Å²) in [5.41, 5.74) is 0. The highest BCUT2D eigenvalue weighted by Crippen LogP contribution is 2.15. The molecule has 0 aromatic carbocycles. The van der Waals surface area contributed by atoms with Crippen molar-refractivity contribution in [3.05, 3.63) is 0 Å². The van der Waals surface area contributed by atoms with E-state index in [0.717, 1.165) is 26.1 Å². The first-order valence-electron chi connectivity index (χ1n) is 6.73. The molecule has 0 spiro atoms. The third-order valence-electron chi connectivity index (χ3n) is 3.65. The topological polar surface area (TPSA) is 44.4 Å². The second-order valence-corrected chi connectivity index (χ2v) is 5.37. The van der Waals surface area contributed by atoms with Gasteiger partial charge in [-0.05, 0) is 59.3 Å². The van der Waals surface area contributed by atoms with Gasteiger partial charge in [0.05, 0.1) is 0 Å². The van der Waals surface area contributed by atoms with Gasteiger partial charge in [0.25, 0.3) is 0 Å². The van der Waals surface area contributed by atoms with Gasteiger partial charge in [-0.25, -0.2) is 0 Å². The van der Waals surface area contributed by atoms with Gasteiger partial charge in [0, 0.05) is 19.0 Å². The van der Waals surface area contributed by atoms with Gasteiger partial charge in [-0.15, -0.1) is 0 Å². The maximum atomic E-state index is 11.7. The van der Waals surface area contributed by atoms with Crippen molar-refractivity contribution in [3.63, 3.8) is 0 Å². The molecule has 0 aromatic heterocycles. The average molecular weight is 241 g/mol. The Morgan fingerprint density at radius 2 is 2.29 bits per heavy atom. The summed E-state index contributed by atoms with van der Waals surface area (Å²) in [6, 6.07) is 0.398. The summed E-state index contributed by atoms with van der Waals surface area (Å²) < 4.78 is 0. The fourth-order valence-corrected chi connectivity index (χ4v) is 2.04. The van der Waals surface area contributed by atoms with Crippen molar-refractivity contribution in [2.24, 2.45) is 5.92 Å². The number of carbonyl (C=O) groups is 1. The van der Waals surface area contributed by atoms with Crippen LogP contribution < -0.4 is 10.6 Å². The quantitative estimate of drug-likeness (QED) is 0.724. The largest absolute Gasteiger partial charge is 0.355 e. The second kappa shape index (κ2) is 7.67. The van der Waals surface area contributed by atoms with Crippen LogP contribution >= 0.6 is 0 Å². The van der Waals surface area contributed by atoms with E-state index in [2.05, 4.69) is 22.5 Å². The zero-order chi connectivity index (χ0) is 12.7. The lowest BCUT2D eigenvalue weighted by Crippen LogP contribution is -2.38. The lowest BCUT2D eigenvalue weighted by molar-refractivity contribution is -0.121. The molecule has 2 atom stereocenters. The minimum Gasteiger partial charge on any atom is -0.355 e. The Bertz CT molecular complexity index is 225. The fourth-order valence-electron chi connectivity index (χ4n) is 2.04. The van der Waals surface area contributed by atoms with Crippen molar-refractivity contribution < 1.29 is 4.79 Å². The first kappa shape index (κ1) is 14.5. The molecule has 1 heterocycles. The van der Waals surface area contributed by atoms with Crippen molar-refractivity contribution >= 4 is 5.91 Å². The summed E-state index contributed by atoms with van der Waals surface area (Å²) >= 11 is 0. The summed E-state index contributed by atoms with van der Waals surface area (Å²) in [5.74, 6) is 0.894. The molecule has 1 aliphatic heterocycles. The average Bonchev–Trinajstić information content (AvgIpc) is 2.34. The van der Waals surface area contributed by atoms with Gasteiger partial charge < -0.3 is 15.5 Å². The van der Waals surface area contributed by atoms with Crippen LogP contribution in [-0.2, 0) is 4.79 Å². The molecule has 0 saturated carbocycles. The predicted octanol–water partition coefficient (Wildman–Crippen LogP) is 0.833. The normalized spacial score (nSPS) is 22.5. The number of nitrogens with zero attached hydrogens (tertiary/aromatic N) is 1. The van der Waals surface area contributed by atoms with Crippen molar-refractivity contribution in [2.45, 2.75) is 38.6 Å². The Balaban J connectivity index is 2.08. The Morgan fingerprint density at radius 3 is 2.88 bits per heavy atom. The Morgan fingerprint density at radius 1 is 1.53 bits per heavy atom. The van der Waals surface area contributed by atoms with Crippen LogP contribution in [0.3, 0.4) is 0 Å². The van der Waals surface area contributed by atoms with Crippen LogP contribution in [0.2, 0.25) is 0 Å². The van der Waals surface area contributed by atoms with Gasteiger partial charge in [-0.1, -0.05) is 0 Å². The molecule has 0 aliphatic carbocycles. The SMILES string of the molecule is CC(CNC(=O)CCC1CCCNC1)N(C)C. The number of amides is 1. The molecule has 100 valence electrons. The van der Waals surface area contributed by atoms with E-state index < -0.39 is 0 Å². The molecule has 0 aromatic rings. The highest BCUT2D eigenvalue weighted by molar-refractivity contribution is 5.75. The molecule has 4 heteroatoms. The molecule has 0 radical (unpaired) electrons. The molecule has 1 saturated heterocycles. The molecular formula is C13H27N3O. The fraction of sp³-hybridized carbons (Fsp3) is 0.923. The van der Waals surface area contributed by atoms with E-state index in [-0.39, 0.29) is 5.91 Å². The summed E-state index contributed by atoms with van der Waals surface area (Å²) in [5, 5.41) is 6.39. The Hall–Kier alpha value is -0.610. The van der Waals surface area contributed by atoms with Crippen LogP contribution in [0.1, 0.15) is 32.6 Å². The molecule has 1 rings (SSSR count). The van der Waals surface area contributed by atoms with E-state index in [1.807, 2.05) is 14.1 Å². The van der Waals surface area contributed by atoms with Crippen LogP contribution in [0.15, 0.2) is 0 Å². The lowest BCUT2D eigenvalue weighted by Gasteiger charge is -2.23. The minimum absolute atomic E-state index is 0.198. The van der Waals surface area contributed by atoms with Crippen LogP contribution in [0.5, 0.6) is 0 Å². The van der Waals surface area contributed by atoms with Gasteiger partial charge in [0.15, 0.2) is 0 Å². The lowest BCUT2D eigenvalue weighted by atomic mass is 9.94. The Labute approximate surface area is 105 Å². The highest BCUT2D eigenvalue weighted by atomic mass is 16.1. The first-order chi connectivity index (χ1) is 8.09. The van der Waals surface area contributed by atoms with E-state index >= 15 is 0 Å². The standard InChI is InChI=1S/C13H27N3O/c1-11(16(2)3)9-15-13(17)7-6-12-5-4-8-14-10-12/h11-12,14H,4-10H2,1-3H3,(H,15,17). The third kappa shape index (κ3) is 6.03. The summed E-state index contributed by atoms with van der Waals surface area (Å²) in [6.07, 6.45) is 4.22. The van der Waals surface area contributed by atoms with Crippen LogP contribution in [0.4, 0.5) is 0 Å². The van der Waals surface area contributed by atoms with Crippen LogP contribution in [0.25, 0.3) is 0 Å². The first-order valence-corrected chi connectivity index (χ1v) is 6.73. The molecule has 1 fully saturated rings. The Kier molecular flexibility index (Phi) is 6.52. The number of piperidine rings is 1. The van der Waals surface area contributed by atoms with Gasteiger partial charge in [-0.2, -0.15) is 0 Å². The second-order valence-electron chi connectivity index (χ2n) is 5.37. The van der Waals surface area contributed by atoms with Gasteiger partial charge >= 0.3 is 0 Å². The van der Waals surface area contributed by atoms with E-state index in [1.54, 1.807) is 0 Å². The molecule has 4 nitrogen and oxygen atoms in total. The number of nitrogens with one attached hydrogen (secondary N) is 2. The maximum Gasteiger partial charge on any atom is 0.220 e. The maximum absolute atomic E-state index is 11.7. The highest BCUT2D eigenvalue weighted by Gasteiger charge is 2.14. The summed E-state index contributed by atoms with van der Waals surface area (Å²) in [7, 11) is 4.06. The predicted molar refractivity (Wildman–Crippen MR) is 71.0 cm³/mol.